The first-order valence-electron chi connectivity index (χ1n) is 13.1. The minimum absolute atomic E-state index is 0.122. The Bertz CT molecular complexity index is 1190. The molecule has 2 amide bonds. The second kappa shape index (κ2) is 12.8. The fourth-order valence-electron chi connectivity index (χ4n) is 5.01. The van der Waals surface area contributed by atoms with Gasteiger partial charge in [-0.05, 0) is 36.4 Å². The predicted octanol–water partition coefficient (Wildman–Crippen LogP) is 3.66. The molecule has 2 aromatic rings. The summed E-state index contributed by atoms with van der Waals surface area (Å²) in [6, 6.07) is 11.4. The molecule has 2 aliphatic rings. The summed E-state index contributed by atoms with van der Waals surface area (Å²) >= 11 is 0. The minimum atomic E-state index is -4.58. The third kappa shape index (κ3) is 7.84. The number of amides is 2. The maximum Gasteiger partial charge on any atom is 0.416 e. The Morgan fingerprint density at radius 3 is 2.27 bits per heavy atom. The molecule has 40 heavy (non-hydrogen) atoms. The van der Waals surface area contributed by atoms with E-state index in [2.05, 4.69) is 11.0 Å². The van der Waals surface area contributed by atoms with Crippen LogP contribution in [-0.4, -0.2) is 104 Å². The number of alkyl halides is 3. The smallest absolute Gasteiger partial charge is 0.416 e. The third-order valence-corrected chi connectivity index (χ3v) is 6.96. The average molecular weight is 564 g/mol. The predicted molar refractivity (Wildman–Crippen MR) is 139 cm³/mol. The van der Waals surface area contributed by atoms with E-state index in [1.165, 1.54) is 11.0 Å². The fraction of sp³-hybridized carbons (Fsp3) is 0.500. The lowest BCUT2D eigenvalue weighted by atomic mass is 10.1. The van der Waals surface area contributed by atoms with Crippen molar-refractivity contribution in [2.45, 2.75) is 24.9 Å². The van der Waals surface area contributed by atoms with E-state index in [1.54, 1.807) is 43.3 Å². The van der Waals surface area contributed by atoms with Crippen LogP contribution in [0, 0.1) is 17.1 Å². The van der Waals surface area contributed by atoms with Crippen LogP contribution in [0.3, 0.4) is 0 Å². The first-order valence-corrected chi connectivity index (χ1v) is 13.1. The second-order valence-electron chi connectivity index (χ2n) is 10.3. The molecular weight excluding hydrogens is 530 g/mol. The SMILES string of the molecule is CN(C)C(=O)N(CCOc1ccc(C#N)cc1)CCN1CC2CN(Cc3ccc(C(F)(F)F)cc3F)CC(C1)O2. The minimum Gasteiger partial charge on any atom is -0.492 e. The number of ether oxygens (including phenoxy) is 2. The molecule has 2 fully saturated rings. The van der Waals surface area contributed by atoms with Gasteiger partial charge in [-0.3, -0.25) is 9.80 Å². The molecular formula is C28H33F4N5O3. The van der Waals surface area contributed by atoms with Crippen molar-refractivity contribution in [2.75, 3.05) is 66.5 Å². The molecule has 2 bridgehead atoms. The van der Waals surface area contributed by atoms with Crippen LogP contribution in [0.4, 0.5) is 22.4 Å². The van der Waals surface area contributed by atoms with E-state index in [4.69, 9.17) is 14.7 Å². The molecule has 0 N–H and O–H groups in total. The molecule has 0 aromatic heterocycles. The maximum atomic E-state index is 14.4. The highest BCUT2D eigenvalue weighted by molar-refractivity contribution is 5.73. The molecule has 2 atom stereocenters. The maximum absolute atomic E-state index is 14.4. The summed E-state index contributed by atoms with van der Waals surface area (Å²) in [6.07, 6.45) is -4.82. The highest BCUT2D eigenvalue weighted by atomic mass is 19.4. The zero-order valence-electron chi connectivity index (χ0n) is 22.5. The lowest BCUT2D eigenvalue weighted by Crippen LogP contribution is -2.60. The van der Waals surface area contributed by atoms with Crippen LogP contribution in [-0.2, 0) is 17.5 Å². The molecule has 2 aromatic carbocycles. The Kier molecular flexibility index (Phi) is 9.50. The zero-order valence-corrected chi connectivity index (χ0v) is 22.5. The van der Waals surface area contributed by atoms with Gasteiger partial charge in [-0.15, -0.1) is 0 Å². The van der Waals surface area contributed by atoms with Crippen molar-refractivity contribution in [3.05, 3.63) is 65.0 Å². The Hall–Kier alpha value is -3.40. The monoisotopic (exact) mass is 563 g/mol. The third-order valence-electron chi connectivity index (χ3n) is 6.96. The second-order valence-corrected chi connectivity index (χ2v) is 10.3. The van der Waals surface area contributed by atoms with Gasteiger partial charge < -0.3 is 19.3 Å². The number of benzene rings is 2. The van der Waals surface area contributed by atoms with Crippen LogP contribution in [0.5, 0.6) is 5.75 Å². The number of urea groups is 1. The van der Waals surface area contributed by atoms with Gasteiger partial charge in [0, 0.05) is 65.5 Å². The van der Waals surface area contributed by atoms with Crippen molar-refractivity contribution in [2.24, 2.45) is 0 Å². The van der Waals surface area contributed by atoms with Gasteiger partial charge in [0.1, 0.15) is 18.2 Å². The van der Waals surface area contributed by atoms with Crippen molar-refractivity contribution in [1.82, 2.24) is 19.6 Å². The van der Waals surface area contributed by atoms with Crippen molar-refractivity contribution in [3.63, 3.8) is 0 Å². The molecule has 8 nitrogen and oxygen atoms in total. The lowest BCUT2D eigenvalue weighted by Gasteiger charge is -2.46. The molecule has 12 heteroatoms. The molecule has 0 spiro atoms. The normalized spacial score (nSPS) is 19.6. The van der Waals surface area contributed by atoms with Crippen LogP contribution in [0.2, 0.25) is 0 Å². The molecule has 216 valence electrons. The number of carbonyl (C=O) groups excluding carboxylic acids is 1. The van der Waals surface area contributed by atoms with Crippen LogP contribution >= 0.6 is 0 Å². The number of rotatable bonds is 9. The first kappa shape index (κ1) is 29.6. The van der Waals surface area contributed by atoms with Crippen molar-refractivity contribution < 1.29 is 31.8 Å². The van der Waals surface area contributed by atoms with Gasteiger partial charge in [0.15, 0.2) is 0 Å². The van der Waals surface area contributed by atoms with Gasteiger partial charge in [0.2, 0.25) is 0 Å². The number of halogens is 4. The van der Waals surface area contributed by atoms with Gasteiger partial charge in [-0.25, -0.2) is 9.18 Å². The molecule has 0 radical (unpaired) electrons. The molecule has 2 saturated heterocycles. The Labute approximate surface area is 231 Å². The number of nitriles is 1. The summed E-state index contributed by atoms with van der Waals surface area (Å²) in [4.78, 5) is 20.3. The zero-order chi connectivity index (χ0) is 28.9. The summed E-state index contributed by atoms with van der Waals surface area (Å²) in [5, 5.41) is 8.92. The van der Waals surface area contributed by atoms with E-state index in [0.29, 0.717) is 69.8 Å². The molecule has 2 aliphatic heterocycles. The van der Waals surface area contributed by atoms with E-state index in [-0.39, 0.29) is 30.3 Å². The number of carbonyl (C=O) groups is 1. The van der Waals surface area contributed by atoms with Crippen molar-refractivity contribution >= 4 is 6.03 Å². The highest BCUT2D eigenvalue weighted by Gasteiger charge is 2.36. The number of nitrogens with zero attached hydrogens (tertiary/aromatic N) is 5. The van der Waals surface area contributed by atoms with Gasteiger partial charge in [0.25, 0.3) is 0 Å². The summed E-state index contributed by atoms with van der Waals surface area (Å²) < 4.78 is 64.8. The summed E-state index contributed by atoms with van der Waals surface area (Å²) in [5.74, 6) is -0.236. The van der Waals surface area contributed by atoms with Gasteiger partial charge in [0.05, 0.1) is 35.9 Å². The van der Waals surface area contributed by atoms with Crippen molar-refractivity contribution in [1.29, 1.82) is 5.26 Å². The van der Waals surface area contributed by atoms with Crippen LogP contribution in [0.15, 0.2) is 42.5 Å². The largest absolute Gasteiger partial charge is 0.492 e. The molecule has 2 unspecified atom stereocenters. The molecule has 4 rings (SSSR count). The average Bonchev–Trinajstić information content (AvgIpc) is 2.90. The Balaban J connectivity index is 1.27. The Morgan fingerprint density at radius 2 is 1.70 bits per heavy atom. The van der Waals surface area contributed by atoms with Gasteiger partial charge >= 0.3 is 12.2 Å². The van der Waals surface area contributed by atoms with E-state index >= 15 is 0 Å². The topological polar surface area (TPSA) is 72.3 Å². The van der Waals surface area contributed by atoms with E-state index in [0.717, 1.165) is 6.07 Å². The number of fused-ring (bicyclic) bond motifs is 2. The van der Waals surface area contributed by atoms with Crippen LogP contribution in [0.25, 0.3) is 0 Å². The molecule has 0 saturated carbocycles. The summed E-state index contributed by atoms with van der Waals surface area (Å²) in [5.41, 5.74) is -0.223. The summed E-state index contributed by atoms with van der Waals surface area (Å²) in [6.45, 7) is 4.37. The van der Waals surface area contributed by atoms with Crippen molar-refractivity contribution in [3.8, 4) is 11.8 Å². The quantitative estimate of drug-likeness (QED) is 0.434. The standard InChI is InChI=1S/C28H33F4N5O3/c1-34(2)27(38)37(11-12-39-23-7-3-20(14-33)4-8-23)10-9-35-16-24-18-36(19-25(17-35)40-24)15-21-5-6-22(13-26(21)29)28(30,31)32/h3-8,13,24-25H,9-12,15-19H2,1-2H3. The Morgan fingerprint density at radius 1 is 1.05 bits per heavy atom. The summed E-state index contributed by atoms with van der Waals surface area (Å²) in [7, 11) is 3.40. The van der Waals surface area contributed by atoms with E-state index < -0.39 is 17.6 Å². The van der Waals surface area contributed by atoms with E-state index in [1.807, 2.05) is 4.90 Å². The fourth-order valence-corrected chi connectivity index (χ4v) is 5.01. The molecule has 0 aliphatic carbocycles. The lowest BCUT2D eigenvalue weighted by molar-refractivity contribution is -0.140. The highest BCUT2D eigenvalue weighted by Crippen LogP contribution is 2.31. The number of hydrogen-bond acceptors (Lipinski definition) is 6. The number of morpholine rings is 2. The molecule has 2 heterocycles. The van der Waals surface area contributed by atoms with Crippen LogP contribution in [0.1, 0.15) is 16.7 Å². The van der Waals surface area contributed by atoms with Gasteiger partial charge in [-0.2, -0.15) is 18.4 Å². The van der Waals surface area contributed by atoms with Gasteiger partial charge in [-0.1, -0.05) is 6.07 Å². The van der Waals surface area contributed by atoms with E-state index in [9.17, 15) is 22.4 Å². The number of hydrogen-bond donors (Lipinski definition) is 0. The first-order chi connectivity index (χ1) is 19.0. The van der Waals surface area contributed by atoms with Crippen LogP contribution < -0.4 is 4.74 Å².